The fourth-order valence-electron chi connectivity index (χ4n) is 1.70. The summed E-state index contributed by atoms with van der Waals surface area (Å²) in [6.07, 6.45) is 1.49. The van der Waals surface area contributed by atoms with Crippen LogP contribution < -0.4 is 4.74 Å². The first-order valence-corrected chi connectivity index (χ1v) is 5.35. The highest BCUT2D eigenvalue weighted by molar-refractivity contribution is 5.38. The summed E-state index contributed by atoms with van der Waals surface area (Å²) in [5.74, 6) is -0.556. The van der Waals surface area contributed by atoms with E-state index in [-0.39, 0.29) is 6.10 Å². The molecule has 1 saturated heterocycles. The number of nitro groups is 1. The van der Waals surface area contributed by atoms with Crippen molar-refractivity contribution < 1.29 is 18.8 Å². The smallest absolute Gasteiger partial charge is 0.305 e. The lowest BCUT2D eigenvalue weighted by Gasteiger charge is -2.23. The molecule has 0 radical (unpaired) electrons. The van der Waals surface area contributed by atoms with Crippen molar-refractivity contribution in [1.29, 1.82) is 0 Å². The van der Waals surface area contributed by atoms with Gasteiger partial charge in [0.05, 0.1) is 18.1 Å². The van der Waals surface area contributed by atoms with Gasteiger partial charge in [0.1, 0.15) is 11.9 Å². The Balaban J connectivity index is 2.06. The van der Waals surface area contributed by atoms with Crippen molar-refractivity contribution in [3.8, 4) is 5.75 Å². The molecule has 0 atom stereocenters. The summed E-state index contributed by atoms with van der Waals surface area (Å²) in [4.78, 5) is 9.67. The van der Waals surface area contributed by atoms with Crippen LogP contribution in [0.15, 0.2) is 18.2 Å². The topological polar surface area (TPSA) is 61.6 Å². The Hall–Kier alpha value is -1.69. The largest absolute Gasteiger partial charge is 0.490 e. The van der Waals surface area contributed by atoms with Crippen LogP contribution in [-0.4, -0.2) is 24.2 Å². The van der Waals surface area contributed by atoms with Crippen LogP contribution in [0.25, 0.3) is 0 Å². The molecule has 17 heavy (non-hydrogen) atoms. The molecule has 1 heterocycles. The van der Waals surface area contributed by atoms with E-state index in [1.807, 2.05) is 0 Å². The van der Waals surface area contributed by atoms with Gasteiger partial charge in [0.25, 0.3) is 0 Å². The number of ether oxygens (including phenoxy) is 2. The second-order valence-electron chi connectivity index (χ2n) is 3.80. The van der Waals surface area contributed by atoms with Crippen LogP contribution in [-0.2, 0) is 4.74 Å². The molecule has 1 fully saturated rings. The highest BCUT2D eigenvalue weighted by atomic mass is 19.1. The molecule has 1 aliphatic rings. The van der Waals surface area contributed by atoms with Crippen LogP contribution in [0.1, 0.15) is 12.8 Å². The van der Waals surface area contributed by atoms with Gasteiger partial charge in [-0.05, 0) is 6.07 Å². The van der Waals surface area contributed by atoms with Crippen LogP contribution >= 0.6 is 0 Å². The summed E-state index contributed by atoms with van der Waals surface area (Å²) in [5, 5.41) is 10.4. The quantitative estimate of drug-likeness (QED) is 0.601. The average Bonchev–Trinajstić information content (AvgIpc) is 2.30. The molecule has 0 amide bonds. The van der Waals surface area contributed by atoms with E-state index in [9.17, 15) is 14.5 Å². The van der Waals surface area contributed by atoms with Crippen molar-refractivity contribution in [2.45, 2.75) is 18.9 Å². The second-order valence-corrected chi connectivity index (χ2v) is 3.80. The Morgan fingerprint density at radius 3 is 2.71 bits per heavy atom. The summed E-state index contributed by atoms with van der Waals surface area (Å²) < 4.78 is 24.0. The number of hydrogen-bond acceptors (Lipinski definition) is 4. The molecule has 2 rings (SSSR count). The molecule has 6 heteroatoms. The molecule has 0 saturated carbocycles. The van der Waals surface area contributed by atoms with Crippen molar-refractivity contribution >= 4 is 5.69 Å². The van der Waals surface area contributed by atoms with E-state index < -0.39 is 16.4 Å². The fourth-order valence-corrected chi connectivity index (χ4v) is 1.70. The summed E-state index contributed by atoms with van der Waals surface area (Å²) in [6.45, 7) is 1.25. The lowest BCUT2D eigenvalue weighted by Crippen LogP contribution is -2.25. The van der Waals surface area contributed by atoms with E-state index in [4.69, 9.17) is 9.47 Å². The van der Waals surface area contributed by atoms with Crippen molar-refractivity contribution in [2.75, 3.05) is 13.2 Å². The van der Waals surface area contributed by atoms with Gasteiger partial charge in [-0.15, -0.1) is 0 Å². The standard InChI is InChI=1S/C11H12FNO4/c12-10-7-9(1-2-11(10)13(14)15)17-8-3-5-16-6-4-8/h1-2,7-8H,3-6H2. The molecule has 92 valence electrons. The predicted molar refractivity (Wildman–Crippen MR) is 57.5 cm³/mol. The molecule has 0 aromatic heterocycles. The first-order chi connectivity index (χ1) is 8.16. The SMILES string of the molecule is O=[N+]([O-])c1ccc(OC2CCOCC2)cc1F. The Bertz CT molecular complexity index is 418. The number of benzene rings is 1. The van der Waals surface area contributed by atoms with E-state index >= 15 is 0 Å². The van der Waals surface area contributed by atoms with Crippen molar-refractivity contribution in [3.63, 3.8) is 0 Å². The van der Waals surface area contributed by atoms with E-state index in [2.05, 4.69) is 0 Å². The third-order valence-electron chi connectivity index (χ3n) is 2.59. The van der Waals surface area contributed by atoms with Gasteiger partial charge < -0.3 is 9.47 Å². The zero-order valence-electron chi connectivity index (χ0n) is 9.10. The Morgan fingerprint density at radius 2 is 2.12 bits per heavy atom. The molecular weight excluding hydrogens is 229 g/mol. The van der Waals surface area contributed by atoms with Gasteiger partial charge in [-0.2, -0.15) is 4.39 Å². The van der Waals surface area contributed by atoms with Crippen LogP contribution in [0, 0.1) is 15.9 Å². The van der Waals surface area contributed by atoms with Crippen LogP contribution in [0.4, 0.5) is 10.1 Å². The van der Waals surface area contributed by atoms with Gasteiger partial charge in [0, 0.05) is 25.0 Å². The van der Waals surface area contributed by atoms with Crippen LogP contribution in [0.2, 0.25) is 0 Å². The molecule has 1 aromatic carbocycles. The molecule has 0 aliphatic carbocycles. The molecule has 0 spiro atoms. The predicted octanol–water partition coefficient (Wildman–Crippen LogP) is 2.29. The van der Waals surface area contributed by atoms with Gasteiger partial charge in [-0.3, -0.25) is 10.1 Å². The molecule has 0 unspecified atom stereocenters. The van der Waals surface area contributed by atoms with E-state index in [0.717, 1.165) is 25.0 Å². The fraction of sp³-hybridized carbons (Fsp3) is 0.455. The Labute approximate surface area is 97.3 Å². The van der Waals surface area contributed by atoms with Gasteiger partial charge in [-0.25, -0.2) is 0 Å². The van der Waals surface area contributed by atoms with E-state index in [1.165, 1.54) is 6.07 Å². The van der Waals surface area contributed by atoms with Crippen molar-refractivity contribution in [3.05, 3.63) is 34.1 Å². The zero-order valence-corrected chi connectivity index (χ0v) is 9.10. The maximum atomic E-state index is 13.3. The first-order valence-electron chi connectivity index (χ1n) is 5.35. The molecule has 0 N–H and O–H groups in total. The molecular formula is C11H12FNO4. The van der Waals surface area contributed by atoms with Crippen LogP contribution in [0.3, 0.4) is 0 Å². The number of rotatable bonds is 3. The summed E-state index contributed by atoms with van der Waals surface area (Å²) in [7, 11) is 0. The Morgan fingerprint density at radius 1 is 1.41 bits per heavy atom. The Kier molecular flexibility index (Phi) is 3.53. The summed E-state index contributed by atoms with van der Waals surface area (Å²) in [5.41, 5.74) is -0.538. The third-order valence-corrected chi connectivity index (χ3v) is 2.59. The van der Waals surface area contributed by atoms with Crippen molar-refractivity contribution in [2.24, 2.45) is 0 Å². The van der Waals surface area contributed by atoms with Gasteiger partial charge in [0.15, 0.2) is 0 Å². The minimum atomic E-state index is -0.875. The molecule has 1 aromatic rings. The van der Waals surface area contributed by atoms with E-state index in [1.54, 1.807) is 0 Å². The average molecular weight is 241 g/mol. The van der Waals surface area contributed by atoms with Gasteiger partial charge in [-0.1, -0.05) is 0 Å². The number of halogens is 1. The second kappa shape index (κ2) is 5.09. The number of hydrogen-bond donors (Lipinski definition) is 0. The molecule has 5 nitrogen and oxygen atoms in total. The minimum Gasteiger partial charge on any atom is -0.490 e. The monoisotopic (exact) mass is 241 g/mol. The lowest BCUT2D eigenvalue weighted by molar-refractivity contribution is -0.387. The van der Waals surface area contributed by atoms with Gasteiger partial charge in [0.2, 0.25) is 5.82 Å². The number of nitrogens with zero attached hydrogens (tertiary/aromatic N) is 1. The summed E-state index contributed by atoms with van der Waals surface area (Å²) >= 11 is 0. The lowest BCUT2D eigenvalue weighted by atomic mass is 10.1. The minimum absolute atomic E-state index is 0.00962. The summed E-state index contributed by atoms with van der Waals surface area (Å²) in [6, 6.07) is 3.58. The third kappa shape index (κ3) is 2.91. The first kappa shape index (κ1) is 11.8. The maximum Gasteiger partial charge on any atom is 0.305 e. The van der Waals surface area contributed by atoms with Gasteiger partial charge >= 0.3 is 5.69 Å². The van der Waals surface area contributed by atoms with Crippen molar-refractivity contribution in [1.82, 2.24) is 0 Å². The highest BCUT2D eigenvalue weighted by Gasteiger charge is 2.18. The molecule has 0 bridgehead atoms. The highest BCUT2D eigenvalue weighted by Crippen LogP contribution is 2.24. The number of nitro benzene ring substituents is 1. The zero-order chi connectivity index (χ0) is 12.3. The maximum absolute atomic E-state index is 13.3. The normalized spacial score (nSPS) is 16.8. The molecule has 1 aliphatic heterocycles. The van der Waals surface area contributed by atoms with E-state index in [0.29, 0.717) is 19.0 Å². The van der Waals surface area contributed by atoms with Crippen LogP contribution in [0.5, 0.6) is 5.75 Å².